The van der Waals surface area contributed by atoms with Crippen LogP contribution in [0, 0.1) is 0 Å². The SMILES string of the molecule is c1ccc(-c2cccc(N(c3ccccc3)c3ccc(-c4cc(N(c5ccccc5)c5ccc(-c6ccc7ccccc7c6)cc5)c5ccccc5c4)cc3)c2)cc1. The summed E-state index contributed by atoms with van der Waals surface area (Å²) in [7, 11) is 0. The lowest BCUT2D eigenvalue weighted by Crippen LogP contribution is -2.11. The maximum Gasteiger partial charge on any atom is 0.0546 e. The van der Waals surface area contributed by atoms with Crippen molar-refractivity contribution >= 4 is 55.7 Å². The van der Waals surface area contributed by atoms with Crippen LogP contribution in [0.5, 0.6) is 0 Å². The Labute approximate surface area is 340 Å². The molecule has 0 saturated carbocycles. The molecule has 0 N–H and O–H groups in total. The van der Waals surface area contributed by atoms with Crippen molar-refractivity contribution < 1.29 is 0 Å². The predicted octanol–water partition coefficient (Wildman–Crippen LogP) is 15.9. The summed E-state index contributed by atoms with van der Waals surface area (Å²) < 4.78 is 0. The van der Waals surface area contributed by atoms with Gasteiger partial charge in [-0.25, -0.2) is 0 Å². The van der Waals surface area contributed by atoms with E-state index in [0.29, 0.717) is 0 Å². The van der Waals surface area contributed by atoms with E-state index in [-0.39, 0.29) is 0 Å². The second-order valence-corrected chi connectivity index (χ2v) is 14.6. The van der Waals surface area contributed by atoms with Crippen LogP contribution in [0.2, 0.25) is 0 Å². The van der Waals surface area contributed by atoms with Crippen molar-refractivity contribution in [3.05, 3.63) is 243 Å². The molecule has 2 nitrogen and oxygen atoms in total. The molecule has 0 atom stereocenters. The smallest absolute Gasteiger partial charge is 0.0546 e. The third-order valence-electron chi connectivity index (χ3n) is 11.0. The summed E-state index contributed by atoms with van der Waals surface area (Å²) in [6.07, 6.45) is 0. The van der Waals surface area contributed by atoms with E-state index in [4.69, 9.17) is 0 Å². The first-order chi connectivity index (χ1) is 28.7. The minimum atomic E-state index is 1.10. The van der Waals surface area contributed by atoms with Gasteiger partial charge in [-0.3, -0.25) is 0 Å². The fraction of sp³-hybridized carbons (Fsp3) is 0. The molecule has 274 valence electrons. The van der Waals surface area contributed by atoms with Gasteiger partial charge in [-0.1, -0.05) is 164 Å². The van der Waals surface area contributed by atoms with Crippen molar-refractivity contribution in [1.29, 1.82) is 0 Å². The van der Waals surface area contributed by atoms with Crippen LogP contribution in [-0.4, -0.2) is 0 Å². The number of fused-ring (bicyclic) bond motifs is 2. The van der Waals surface area contributed by atoms with Gasteiger partial charge >= 0.3 is 0 Å². The summed E-state index contributed by atoms with van der Waals surface area (Å²) in [6, 6.07) is 87.3. The summed E-state index contributed by atoms with van der Waals surface area (Å²) in [5, 5.41) is 4.88. The van der Waals surface area contributed by atoms with Gasteiger partial charge in [0.1, 0.15) is 0 Å². The zero-order chi connectivity index (χ0) is 38.7. The molecule has 0 fully saturated rings. The van der Waals surface area contributed by atoms with Crippen molar-refractivity contribution in [3.63, 3.8) is 0 Å². The first-order valence-corrected chi connectivity index (χ1v) is 19.8. The summed E-state index contributed by atoms with van der Waals surface area (Å²) in [6.45, 7) is 0. The number of nitrogens with zero attached hydrogens (tertiary/aromatic N) is 2. The normalized spacial score (nSPS) is 11.1. The first-order valence-electron chi connectivity index (χ1n) is 19.8. The topological polar surface area (TPSA) is 6.48 Å². The number of para-hydroxylation sites is 2. The fourth-order valence-corrected chi connectivity index (χ4v) is 8.10. The highest BCUT2D eigenvalue weighted by atomic mass is 15.1. The molecule has 2 heteroatoms. The highest BCUT2D eigenvalue weighted by Crippen LogP contribution is 2.43. The van der Waals surface area contributed by atoms with E-state index in [0.717, 1.165) is 45.3 Å². The van der Waals surface area contributed by atoms with E-state index < -0.39 is 0 Å². The quantitative estimate of drug-likeness (QED) is 0.145. The van der Waals surface area contributed by atoms with E-state index in [2.05, 4.69) is 252 Å². The van der Waals surface area contributed by atoms with Crippen molar-refractivity contribution in [2.24, 2.45) is 0 Å². The second-order valence-electron chi connectivity index (χ2n) is 14.6. The average Bonchev–Trinajstić information content (AvgIpc) is 3.30. The molecule has 0 bridgehead atoms. The zero-order valence-corrected chi connectivity index (χ0v) is 32.0. The summed E-state index contributed by atoms with van der Waals surface area (Å²) >= 11 is 0. The average molecular weight is 741 g/mol. The fourth-order valence-electron chi connectivity index (χ4n) is 8.10. The molecule has 0 radical (unpaired) electrons. The van der Waals surface area contributed by atoms with Gasteiger partial charge in [-0.15, -0.1) is 0 Å². The number of benzene rings is 10. The molecular formula is C56H40N2. The van der Waals surface area contributed by atoms with Gasteiger partial charge in [0, 0.05) is 33.8 Å². The van der Waals surface area contributed by atoms with Gasteiger partial charge in [0.25, 0.3) is 0 Å². The van der Waals surface area contributed by atoms with E-state index in [9.17, 15) is 0 Å². The molecule has 0 aliphatic rings. The van der Waals surface area contributed by atoms with Gasteiger partial charge in [-0.05, 0) is 128 Å². The Hall–Kier alpha value is -7.68. The van der Waals surface area contributed by atoms with Crippen LogP contribution in [0.25, 0.3) is 54.9 Å². The van der Waals surface area contributed by atoms with Gasteiger partial charge in [0.2, 0.25) is 0 Å². The Morgan fingerprint density at radius 2 is 0.638 bits per heavy atom. The molecule has 0 amide bonds. The third-order valence-corrected chi connectivity index (χ3v) is 11.0. The highest BCUT2D eigenvalue weighted by molar-refractivity contribution is 6.02. The zero-order valence-electron chi connectivity index (χ0n) is 32.0. The highest BCUT2D eigenvalue weighted by Gasteiger charge is 2.18. The number of rotatable bonds is 9. The molecule has 0 aromatic heterocycles. The van der Waals surface area contributed by atoms with E-state index >= 15 is 0 Å². The second kappa shape index (κ2) is 15.5. The van der Waals surface area contributed by atoms with E-state index in [1.165, 1.54) is 43.8 Å². The Kier molecular flexibility index (Phi) is 9.27. The molecule has 0 aliphatic carbocycles. The van der Waals surface area contributed by atoms with Gasteiger partial charge in [0.05, 0.1) is 5.69 Å². The molecule has 0 unspecified atom stereocenters. The maximum absolute atomic E-state index is 2.39. The molecule has 10 rings (SSSR count). The lowest BCUT2D eigenvalue weighted by molar-refractivity contribution is 1.28. The predicted molar refractivity (Wildman–Crippen MR) is 247 cm³/mol. The van der Waals surface area contributed by atoms with Crippen molar-refractivity contribution in [3.8, 4) is 33.4 Å². The molecule has 10 aromatic rings. The molecule has 58 heavy (non-hydrogen) atoms. The first kappa shape index (κ1) is 34.8. The molecule has 0 saturated heterocycles. The van der Waals surface area contributed by atoms with Crippen molar-refractivity contribution in [1.82, 2.24) is 0 Å². The molecule has 0 spiro atoms. The summed E-state index contributed by atoms with van der Waals surface area (Å²) in [4.78, 5) is 4.72. The maximum atomic E-state index is 2.39. The lowest BCUT2D eigenvalue weighted by atomic mass is 9.97. The van der Waals surface area contributed by atoms with Gasteiger partial charge in [0.15, 0.2) is 0 Å². The molecule has 0 aliphatic heterocycles. The largest absolute Gasteiger partial charge is 0.310 e. The number of hydrogen-bond donors (Lipinski definition) is 0. The Balaban J connectivity index is 1.05. The van der Waals surface area contributed by atoms with Crippen LogP contribution in [-0.2, 0) is 0 Å². The lowest BCUT2D eigenvalue weighted by Gasteiger charge is -2.28. The van der Waals surface area contributed by atoms with Crippen LogP contribution in [0.4, 0.5) is 34.1 Å². The Morgan fingerprint density at radius 3 is 1.33 bits per heavy atom. The molecule has 10 aromatic carbocycles. The van der Waals surface area contributed by atoms with Crippen LogP contribution in [0.15, 0.2) is 243 Å². The van der Waals surface area contributed by atoms with Crippen molar-refractivity contribution in [2.45, 2.75) is 0 Å². The van der Waals surface area contributed by atoms with Gasteiger partial charge < -0.3 is 9.80 Å². The number of anilines is 6. The third kappa shape index (κ3) is 6.89. The summed E-state index contributed by atoms with van der Waals surface area (Å²) in [5.74, 6) is 0. The van der Waals surface area contributed by atoms with Crippen LogP contribution >= 0.6 is 0 Å². The Bertz CT molecular complexity index is 2980. The van der Waals surface area contributed by atoms with Gasteiger partial charge in [-0.2, -0.15) is 0 Å². The van der Waals surface area contributed by atoms with Crippen molar-refractivity contribution in [2.75, 3.05) is 9.80 Å². The number of hydrogen-bond acceptors (Lipinski definition) is 2. The standard InChI is InChI=1S/C56H40N2/c1-4-15-41(16-5-1)46-20-14-25-54(39-46)57(50-21-6-2-7-22-50)52-33-31-44(32-34-52)49-38-48-19-12-13-26-55(48)56(40-49)58(51-23-8-3-9-24-51)53-35-29-43(30-36-53)47-28-27-42-17-10-11-18-45(42)37-47/h1-40H. The van der Waals surface area contributed by atoms with Crippen LogP contribution < -0.4 is 9.80 Å². The minimum absolute atomic E-state index is 1.10. The minimum Gasteiger partial charge on any atom is -0.310 e. The van der Waals surface area contributed by atoms with E-state index in [1.807, 2.05) is 0 Å². The van der Waals surface area contributed by atoms with Crippen LogP contribution in [0.1, 0.15) is 0 Å². The van der Waals surface area contributed by atoms with E-state index in [1.54, 1.807) is 0 Å². The molecule has 0 heterocycles. The molecular weight excluding hydrogens is 701 g/mol. The van der Waals surface area contributed by atoms with Crippen LogP contribution in [0.3, 0.4) is 0 Å². The Morgan fingerprint density at radius 1 is 0.207 bits per heavy atom. The summed E-state index contributed by atoms with van der Waals surface area (Å²) in [5.41, 5.74) is 13.8. The monoisotopic (exact) mass is 740 g/mol.